The fourth-order valence-electron chi connectivity index (χ4n) is 4.58. The van der Waals surface area contributed by atoms with E-state index in [2.05, 4.69) is 37.4 Å². The molecule has 0 spiro atoms. The van der Waals surface area contributed by atoms with Gasteiger partial charge in [-0.25, -0.2) is 9.59 Å². The van der Waals surface area contributed by atoms with Crippen LogP contribution in [0.3, 0.4) is 0 Å². The minimum absolute atomic E-state index is 0.0538. The molecule has 37 heavy (non-hydrogen) atoms. The lowest BCUT2D eigenvalue weighted by atomic mass is 9.85. The summed E-state index contributed by atoms with van der Waals surface area (Å²) in [7, 11) is 0. The molecule has 2 N–H and O–H groups in total. The van der Waals surface area contributed by atoms with Crippen LogP contribution in [0.2, 0.25) is 0 Å². The SMILES string of the molecule is C=C(CO)C(=O)OCC(COC(=O)C(=C)CO)c1ccc(-c2ccc(CCC3CCCCC3)cc2)cc1. The Morgan fingerprint density at radius 1 is 0.784 bits per heavy atom. The van der Waals surface area contributed by atoms with Crippen LogP contribution in [0, 0.1) is 5.92 Å². The number of benzene rings is 2. The maximum atomic E-state index is 12.0. The number of aliphatic hydroxyl groups is 2. The third-order valence-corrected chi connectivity index (χ3v) is 7.03. The van der Waals surface area contributed by atoms with Crippen molar-refractivity contribution in [2.45, 2.75) is 50.9 Å². The van der Waals surface area contributed by atoms with Gasteiger partial charge < -0.3 is 19.7 Å². The molecule has 6 heteroatoms. The van der Waals surface area contributed by atoms with Crippen molar-refractivity contribution >= 4 is 11.9 Å². The summed E-state index contributed by atoms with van der Waals surface area (Å²) < 4.78 is 10.5. The van der Waals surface area contributed by atoms with Crippen molar-refractivity contribution in [1.29, 1.82) is 0 Å². The van der Waals surface area contributed by atoms with Crippen LogP contribution in [-0.2, 0) is 25.5 Å². The first-order valence-electron chi connectivity index (χ1n) is 13.0. The Morgan fingerprint density at radius 3 is 1.76 bits per heavy atom. The van der Waals surface area contributed by atoms with Crippen molar-refractivity contribution in [3.63, 3.8) is 0 Å². The molecule has 0 aromatic heterocycles. The van der Waals surface area contributed by atoms with Gasteiger partial charge in [0.25, 0.3) is 0 Å². The maximum absolute atomic E-state index is 12.0. The molecule has 1 saturated carbocycles. The van der Waals surface area contributed by atoms with Crippen LogP contribution in [0.4, 0.5) is 0 Å². The fraction of sp³-hybridized carbons (Fsp3) is 0.419. The smallest absolute Gasteiger partial charge is 0.335 e. The molecule has 2 aromatic rings. The number of hydrogen-bond donors (Lipinski definition) is 2. The van der Waals surface area contributed by atoms with E-state index < -0.39 is 31.1 Å². The van der Waals surface area contributed by atoms with E-state index >= 15 is 0 Å². The second-order valence-electron chi connectivity index (χ2n) is 9.78. The van der Waals surface area contributed by atoms with Crippen LogP contribution in [0.5, 0.6) is 0 Å². The molecule has 0 aliphatic heterocycles. The molecule has 0 saturated heterocycles. The highest BCUT2D eigenvalue weighted by Gasteiger charge is 2.19. The molecule has 3 rings (SSSR count). The van der Waals surface area contributed by atoms with Crippen molar-refractivity contribution in [3.8, 4) is 11.1 Å². The monoisotopic (exact) mass is 506 g/mol. The number of hydrogen-bond acceptors (Lipinski definition) is 6. The molecule has 0 atom stereocenters. The topological polar surface area (TPSA) is 93.1 Å². The zero-order valence-corrected chi connectivity index (χ0v) is 21.5. The Hall–Kier alpha value is -3.22. The Kier molecular flexibility index (Phi) is 11.1. The molecule has 0 radical (unpaired) electrons. The van der Waals surface area contributed by atoms with Gasteiger partial charge in [-0.15, -0.1) is 0 Å². The first-order chi connectivity index (χ1) is 17.9. The van der Waals surface area contributed by atoms with Gasteiger partial charge in [0.1, 0.15) is 13.2 Å². The van der Waals surface area contributed by atoms with Crippen molar-refractivity contribution in [2.24, 2.45) is 5.92 Å². The highest BCUT2D eigenvalue weighted by Crippen LogP contribution is 2.28. The van der Waals surface area contributed by atoms with Crippen LogP contribution in [0.15, 0.2) is 72.8 Å². The lowest BCUT2D eigenvalue weighted by molar-refractivity contribution is -0.142. The van der Waals surface area contributed by atoms with Crippen molar-refractivity contribution in [2.75, 3.05) is 26.4 Å². The van der Waals surface area contributed by atoms with Crippen LogP contribution < -0.4 is 0 Å². The van der Waals surface area contributed by atoms with Crippen LogP contribution in [-0.4, -0.2) is 48.6 Å². The molecular weight excluding hydrogens is 468 g/mol. The first-order valence-corrected chi connectivity index (χ1v) is 13.0. The Bertz CT molecular complexity index is 1020. The quantitative estimate of drug-likeness (QED) is 0.289. The highest BCUT2D eigenvalue weighted by molar-refractivity contribution is 5.88. The molecule has 0 bridgehead atoms. The summed E-state index contributed by atoms with van der Waals surface area (Å²) >= 11 is 0. The summed E-state index contributed by atoms with van der Waals surface area (Å²) in [6.07, 6.45) is 9.27. The molecule has 6 nitrogen and oxygen atoms in total. The summed E-state index contributed by atoms with van der Waals surface area (Å²) in [6.45, 7) is 5.82. The van der Waals surface area contributed by atoms with E-state index in [4.69, 9.17) is 19.7 Å². The van der Waals surface area contributed by atoms with E-state index in [1.54, 1.807) is 0 Å². The highest BCUT2D eigenvalue weighted by atomic mass is 16.5. The van der Waals surface area contributed by atoms with Gasteiger partial charge in [0.15, 0.2) is 0 Å². The van der Waals surface area contributed by atoms with Gasteiger partial charge in [0.05, 0.1) is 30.3 Å². The molecule has 1 fully saturated rings. The molecule has 198 valence electrons. The zero-order chi connectivity index (χ0) is 26.6. The summed E-state index contributed by atoms with van der Waals surface area (Å²) in [5.74, 6) is -0.990. The molecule has 2 aromatic carbocycles. The maximum Gasteiger partial charge on any atom is 0.335 e. The van der Waals surface area contributed by atoms with E-state index in [1.165, 1.54) is 44.1 Å². The van der Waals surface area contributed by atoms with Crippen molar-refractivity contribution in [1.82, 2.24) is 0 Å². The molecule has 0 heterocycles. The predicted molar refractivity (Wildman–Crippen MR) is 144 cm³/mol. The molecular formula is C31H38O6. The Balaban J connectivity index is 1.64. The van der Waals surface area contributed by atoms with Gasteiger partial charge in [0, 0.05) is 0 Å². The lowest BCUT2D eigenvalue weighted by Gasteiger charge is -2.21. The second-order valence-corrected chi connectivity index (χ2v) is 9.78. The van der Waals surface area contributed by atoms with E-state index in [0.29, 0.717) is 0 Å². The number of aliphatic hydroxyl groups excluding tert-OH is 2. The summed E-state index contributed by atoms with van der Waals surface area (Å²) in [4.78, 5) is 23.9. The molecule has 0 amide bonds. The van der Waals surface area contributed by atoms with Gasteiger partial charge in [-0.1, -0.05) is 93.8 Å². The van der Waals surface area contributed by atoms with E-state index in [1.807, 2.05) is 24.3 Å². The number of carbonyl (C=O) groups excluding carboxylic acids is 2. The average Bonchev–Trinajstić information content (AvgIpc) is 2.95. The third-order valence-electron chi connectivity index (χ3n) is 7.03. The zero-order valence-electron chi connectivity index (χ0n) is 21.5. The Morgan fingerprint density at radius 2 is 1.27 bits per heavy atom. The number of aryl methyl sites for hydroxylation is 1. The largest absolute Gasteiger partial charge is 0.461 e. The van der Waals surface area contributed by atoms with Crippen LogP contribution in [0.1, 0.15) is 55.6 Å². The van der Waals surface area contributed by atoms with Gasteiger partial charge in [-0.05, 0) is 41.0 Å². The summed E-state index contributed by atoms with van der Waals surface area (Å²) in [6, 6.07) is 16.5. The molecule has 0 unspecified atom stereocenters. The normalized spacial score (nSPS) is 13.8. The van der Waals surface area contributed by atoms with Gasteiger partial charge in [-0.3, -0.25) is 0 Å². The summed E-state index contributed by atoms with van der Waals surface area (Å²) in [5.41, 5.74) is 4.24. The minimum Gasteiger partial charge on any atom is -0.461 e. The standard InChI is InChI=1S/C31H38O6/c1-22(18-32)30(34)36-20-29(21-37-31(35)23(2)19-33)28-16-14-27(15-17-28)26-12-10-25(11-13-26)9-8-24-6-4-3-5-7-24/h10-17,24,29,32-33H,1-9,18-21H2. The molecule has 1 aliphatic carbocycles. The predicted octanol–water partition coefficient (Wildman–Crippen LogP) is 5.13. The summed E-state index contributed by atoms with van der Waals surface area (Å²) in [5, 5.41) is 18.2. The number of rotatable bonds is 13. The fourth-order valence-corrected chi connectivity index (χ4v) is 4.58. The first kappa shape index (κ1) is 28.4. The van der Waals surface area contributed by atoms with Gasteiger partial charge in [0.2, 0.25) is 0 Å². The van der Waals surface area contributed by atoms with Crippen molar-refractivity contribution in [3.05, 3.63) is 84.0 Å². The number of carbonyl (C=O) groups is 2. The molecule has 1 aliphatic rings. The number of ether oxygens (including phenoxy) is 2. The third kappa shape index (κ3) is 8.69. The minimum atomic E-state index is -0.709. The second kappa shape index (κ2) is 14.5. The van der Waals surface area contributed by atoms with Gasteiger partial charge in [-0.2, -0.15) is 0 Å². The van der Waals surface area contributed by atoms with Gasteiger partial charge >= 0.3 is 11.9 Å². The van der Waals surface area contributed by atoms with E-state index in [-0.39, 0.29) is 24.4 Å². The van der Waals surface area contributed by atoms with Crippen molar-refractivity contribution < 1.29 is 29.3 Å². The number of esters is 2. The lowest BCUT2D eigenvalue weighted by Crippen LogP contribution is -2.21. The van der Waals surface area contributed by atoms with Crippen LogP contribution in [0.25, 0.3) is 11.1 Å². The Labute approximate surface area is 219 Å². The van der Waals surface area contributed by atoms with E-state index in [0.717, 1.165) is 29.0 Å². The van der Waals surface area contributed by atoms with E-state index in [9.17, 15) is 9.59 Å². The van der Waals surface area contributed by atoms with Crippen LogP contribution >= 0.6 is 0 Å². The average molecular weight is 507 g/mol.